The van der Waals surface area contributed by atoms with Crippen molar-refractivity contribution in [2.45, 2.75) is 50.6 Å². The van der Waals surface area contributed by atoms with Crippen molar-refractivity contribution < 1.29 is 24.2 Å². The van der Waals surface area contributed by atoms with Crippen LogP contribution in [0.3, 0.4) is 0 Å². The monoisotopic (exact) mass is 484 g/mol. The quantitative estimate of drug-likeness (QED) is 0.412. The number of alkyl carbamates (subject to hydrolysis) is 1. The number of unbranched alkanes of at least 4 members (excludes halogenated alkanes) is 1. The van der Waals surface area contributed by atoms with Gasteiger partial charge in [0.05, 0.1) is 0 Å². The Labute approximate surface area is 204 Å². The van der Waals surface area contributed by atoms with E-state index in [9.17, 15) is 19.5 Å². The van der Waals surface area contributed by atoms with Crippen LogP contribution in [0.1, 0.15) is 49.7 Å². The summed E-state index contributed by atoms with van der Waals surface area (Å²) in [6, 6.07) is 14.3. The molecule has 0 aliphatic heterocycles. The summed E-state index contributed by atoms with van der Waals surface area (Å²) >= 11 is 1.54. The first-order valence-corrected chi connectivity index (χ1v) is 13.0. The summed E-state index contributed by atoms with van der Waals surface area (Å²) in [4.78, 5) is 37.0. The number of amides is 2. The average Bonchev–Trinajstić information content (AvgIpc) is 3.16. The minimum Gasteiger partial charge on any atom is -0.480 e. The molecule has 2 atom stereocenters. The van der Waals surface area contributed by atoms with Crippen LogP contribution in [-0.4, -0.2) is 53.8 Å². The van der Waals surface area contributed by atoms with Crippen LogP contribution in [0.2, 0.25) is 0 Å². The highest BCUT2D eigenvalue weighted by Gasteiger charge is 2.30. The maximum Gasteiger partial charge on any atom is 0.407 e. The Balaban J connectivity index is 1.64. The topological polar surface area (TPSA) is 105 Å². The first kappa shape index (κ1) is 25.6. The Bertz CT molecular complexity index is 967. The third-order valence-corrected chi connectivity index (χ3v) is 6.67. The van der Waals surface area contributed by atoms with Crippen molar-refractivity contribution in [3.05, 3.63) is 59.7 Å². The Kier molecular flexibility index (Phi) is 9.39. The average molecular weight is 485 g/mol. The molecule has 0 heterocycles. The molecule has 0 bridgehead atoms. The molecule has 0 saturated carbocycles. The zero-order chi connectivity index (χ0) is 24.5. The minimum absolute atomic E-state index is 0.0814. The number of carbonyl (C=O) groups excluding carboxylic acids is 2. The molecule has 0 saturated heterocycles. The molecule has 0 fully saturated rings. The van der Waals surface area contributed by atoms with E-state index in [-0.39, 0.29) is 12.5 Å². The number of thioether (sulfide) groups is 1. The summed E-state index contributed by atoms with van der Waals surface area (Å²) in [7, 11) is 0. The van der Waals surface area contributed by atoms with E-state index < -0.39 is 30.1 Å². The zero-order valence-corrected chi connectivity index (χ0v) is 20.4. The number of rotatable bonds is 12. The van der Waals surface area contributed by atoms with Crippen molar-refractivity contribution in [2.75, 3.05) is 18.6 Å². The standard InChI is InChI=1S/C26H32N2O5S/c1-3-4-13-23(25(30)31)27-24(29)22(14-15-34-2)28-26(32)33-16-21-19-11-7-5-9-17(19)18-10-6-8-12-20(18)21/h5-12,21-23H,3-4,13-16H2,1-2H3,(H,27,29)(H,28,32)(H,30,31)/t22-,23?/m1/s1. The van der Waals surface area contributed by atoms with Crippen LogP contribution in [0.25, 0.3) is 11.1 Å². The molecule has 2 aromatic carbocycles. The molecule has 0 spiro atoms. The SMILES string of the molecule is CCCCC(NC(=O)[C@@H](CCSC)NC(=O)OCC1c2ccccc2-c2ccccc21)C(=O)O. The van der Waals surface area contributed by atoms with Gasteiger partial charge in [-0.2, -0.15) is 11.8 Å². The molecule has 3 N–H and O–H groups in total. The van der Waals surface area contributed by atoms with Gasteiger partial charge in [-0.3, -0.25) is 4.79 Å². The first-order valence-electron chi connectivity index (χ1n) is 11.6. The summed E-state index contributed by atoms with van der Waals surface area (Å²) in [5.74, 6) is -1.03. The first-order chi connectivity index (χ1) is 16.5. The fourth-order valence-electron chi connectivity index (χ4n) is 4.22. The van der Waals surface area contributed by atoms with E-state index in [2.05, 4.69) is 22.8 Å². The third kappa shape index (κ3) is 6.32. The third-order valence-electron chi connectivity index (χ3n) is 6.02. The van der Waals surface area contributed by atoms with E-state index in [1.165, 1.54) is 0 Å². The molecule has 1 aliphatic carbocycles. The van der Waals surface area contributed by atoms with Crippen LogP contribution in [0, 0.1) is 0 Å². The number of fused-ring (bicyclic) bond motifs is 3. The van der Waals surface area contributed by atoms with Gasteiger partial charge in [0.25, 0.3) is 0 Å². The predicted molar refractivity (Wildman–Crippen MR) is 134 cm³/mol. The highest BCUT2D eigenvalue weighted by atomic mass is 32.2. The van der Waals surface area contributed by atoms with Gasteiger partial charge in [-0.25, -0.2) is 9.59 Å². The summed E-state index contributed by atoms with van der Waals surface area (Å²) in [6.45, 7) is 2.10. The fourth-order valence-corrected chi connectivity index (χ4v) is 4.70. The molecule has 3 rings (SSSR count). The van der Waals surface area contributed by atoms with E-state index in [4.69, 9.17) is 4.74 Å². The lowest BCUT2D eigenvalue weighted by atomic mass is 9.98. The van der Waals surface area contributed by atoms with E-state index in [0.717, 1.165) is 28.7 Å². The van der Waals surface area contributed by atoms with Crippen molar-refractivity contribution in [1.29, 1.82) is 0 Å². The molecule has 2 aromatic rings. The van der Waals surface area contributed by atoms with E-state index in [0.29, 0.717) is 25.0 Å². The highest BCUT2D eigenvalue weighted by Crippen LogP contribution is 2.44. The predicted octanol–water partition coefficient (Wildman–Crippen LogP) is 4.41. The number of carbonyl (C=O) groups is 3. The molecule has 7 nitrogen and oxygen atoms in total. The molecule has 1 aliphatic rings. The van der Waals surface area contributed by atoms with Crippen LogP contribution < -0.4 is 10.6 Å². The Hall–Kier alpha value is -3.00. The second-order valence-electron chi connectivity index (χ2n) is 8.35. The Morgan fingerprint density at radius 3 is 2.15 bits per heavy atom. The second-order valence-corrected chi connectivity index (χ2v) is 9.33. The second kappa shape index (κ2) is 12.5. The van der Waals surface area contributed by atoms with Crippen LogP contribution in [-0.2, 0) is 14.3 Å². The van der Waals surface area contributed by atoms with Gasteiger partial charge in [0, 0.05) is 5.92 Å². The molecule has 34 heavy (non-hydrogen) atoms. The smallest absolute Gasteiger partial charge is 0.407 e. The number of hydrogen-bond donors (Lipinski definition) is 3. The van der Waals surface area contributed by atoms with Crippen LogP contribution in [0.15, 0.2) is 48.5 Å². The molecule has 0 radical (unpaired) electrons. The van der Waals surface area contributed by atoms with Gasteiger partial charge < -0.3 is 20.5 Å². The summed E-state index contributed by atoms with van der Waals surface area (Å²) < 4.78 is 5.56. The van der Waals surface area contributed by atoms with Crippen LogP contribution in [0.4, 0.5) is 4.79 Å². The minimum atomic E-state index is -1.08. The van der Waals surface area contributed by atoms with Crippen molar-refractivity contribution in [3.63, 3.8) is 0 Å². The largest absolute Gasteiger partial charge is 0.480 e. The van der Waals surface area contributed by atoms with Gasteiger partial charge in [-0.15, -0.1) is 0 Å². The molecule has 2 amide bonds. The molecular formula is C26H32N2O5S. The fraction of sp³-hybridized carbons (Fsp3) is 0.423. The molecule has 182 valence electrons. The van der Waals surface area contributed by atoms with Crippen LogP contribution in [0.5, 0.6) is 0 Å². The van der Waals surface area contributed by atoms with Gasteiger partial charge >= 0.3 is 12.1 Å². The van der Waals surface area contributed by atoms with Crippen molar-refractivity contribution in [3.8, 4) is 11.1 Å². The number of aliphatic carboxylic acids is 1. The van der Waals surface area contributed by atoms with Crippen LogP contribution >= 0.6 is 11.8 Å². The molecular weight excluding hydrogens is 452 g/mol. The van der Waals surface area contributed by atoms with Gasteiger partial charge in [-0.05, 0) is 47.1 Å². The van der Waals surface area contributed by atoms with Gasteiger partial charge in [0.2, 0.25) is 5.91 Å². The van der Waals surface area contributed by atoms with E-state index >= 15 is 0 Å². The summed E-state index contributed by atoms with van der Waals surface area (Å²) in [6.07, 6.45) is 3.45. The van der Waals surface area contributed by atoms with Crippen molar-refractivity contribution in [2.24, 2.45) is 0 Å². The maximum absolute atomic E-state index is 12.8. The van der Waals surface area contributed by atoms with Gasteiger partial charge in [0.15, 0.2) is 0 Å². The number of carboxylic acid groups (broad SMARTS) is 1. The normalized spacial score (nSPS) is 13.9. The maximum atomic E-state index is 12.8. The number of ether oxygens (including phenoxy) is 1. The lowest BCUT2D eigenvalue weighted by molar-refractivity contribution is -0.142. The Morgan fingerprint density at radius 1 is 0.971 bits per heavy atom. The number of nitrogens with one attached hydrogen (secondary N) is 2. The lowest BCUT2D eigenvalue weighted by Gasteiger charge is -2.22. The summed E-state index contributed by atoms with van der Waals surface area (Å²) in [5.41, 5.74) is 4.48. The number of hydrogen-bond acceptors (Lipinski definition) is 5. The summed E-state index contributed by atoms with van der Waals surface area (Å²) in [5, 5.41) is 14.6. The molecule has 0 aromatic heterocycles. The Morgan fingerprint density at radius 2 is 1.59 bits per heavy atom. The lowest BCUT2D eigenvalue weighted by Crippen LogP contribution is -2.52. The van der Waals surface area contributed by atoms with Gasteiger partial charge in [0.1, 0.15) is 18.7 Å². The molecule has 1 unspecified atom stereocenters. The molecule has 8 heteroatoms. The van der Waals surface area contributed by atoms with Gasteiger partial charge in [-0.1, -0.05) is 68.3 Å². The van der Waals surface area contributed by atoms with E-state index in [1.807, 2.05) is 49.6 Å². The number of carboxylic acids is 1. The van der Waals surface area contributed by atoms with Crippen molar-refractivity contribution in [1.82, 2.24) is 10.6 Å². The zero-order valence-electron chi connectivity index (χ0n) is 19.6. The highest BCUT2D eigenvalue weighted by molar-refractivity contribution is 7.98. The number of benzene rings is 2. The van der Waals surface area contributed by atoms with Crippen molar-refractivity contribution >= 4 is 29.7 Å². The van der Waals surface area contributed by atoms with E-state index in [1.54, 1.807) is 11.8 Å².